The maximum atomic E-state index is 12.8. The van der Waals surface area contributed by atoms with E-state index in [-0.39, 0.29) is 5.78 Å². The van der Waals surface area contributed by atoms with Crippen LogP contribution in [0.25, 0.3) is 5.69 Å². The zero-order valence-corrected chi connectivity index (χ0v) is 17.1. The minimum atomic E-state index is 0.0922. The molecule has 0 spiro atoms. The molecular formula is C20H24N4O2S. The van der Waals surface area contributed by atoms with E-state index in [0.29, 0.717) is 17.0 Å². The number of methoxy groups -OCH3 is 1. The molecule has 7 heteroatoms. The molecule has 0 aliphatic rings. The quantitative estimate of drug-likeness (QED) is 0.450. The molecule has 0 aliphatic carbocycles. The summed E-state index contributed by atoms with van der Waals surface area (Å²) in [5.74, 6) is 1.12. The Kier molecular flexibility index (Phi) is 5.70. The zero-order valence-electron chi connectivity index (χ0n) is 16.3. The number of benzene rings is 1. The van der Waals surface area contributed by atoms with E-state index in [1.807, 2.05) is 48.7 Å². The number of nitrogens with zero attached hydrogens (tertiary/aromatic N) is 4. The summed E-state index contributed by atoms with van der Waals surface area (Å²) in [5, 5.41) is 8.83. The number of Topliss-reactive ketones (excluding diaryl/α,β-unsaturated/α-hetero) is 1. The van der Waals surface area contributed by atoms with Gasteiger partial charge in [0, 0.05) is 23.0 Å². The average Bonchev–Trinajstić information content (AvgIpc) is 3.23. The van der Waals surface area contributed by atoms with Gasteiger partial charge in [0.25, 0.3) is 0 Å². The minimum Gasteiger partial charge on any atom is -0.495 e. The second-order valence-electron chi connectivity index (χ2n) is 6.62. The molecule has 2 heterocycles. The number of para-hydroxylation sites is 2. The molecule has 0 N–H and O–H groups in total. The molecule has 27 heavy (non-hydrogen) atoms. The number of ketones is 1. The van der Waals surface area contributed by atoms with Gasteiger partial charge in [-0.1, -0.05) is 23.9 Å². The molecule has 6 nitrogen and oxygen atoms in total. The molecule has 2 aromatic heterocycles. The molecule has 0 radical (unpaired) electrons. The van der Waals surface area contributed by atoms with E-state index in [4.69, 9.17) is 4.74 Å². The molecule has 3 rings (SSSR count). The summed E-state index contributed by atoms with van der Waals surface area (Å²) in [4.78, 5) is 12.8. The summed E-state index contributed by atoms with van der Waals surface area (Å²) in [6.07, 6.45) is 1.63. The van der Waals surface area contributed by atoms with Crippen LogP contribution in [0, 0.1) is 13.8 Å². The highest BCUT2D eigenvalue weighted by atomic mass is 32.2. The second-order valence-corrected chi connectivity index (χ2v) is 7.56. The van der Waals surface area contributed by atoms with Crippen molar-refractivity contribution in [3.05, 3.63) is 53.6 Å². The van der Waals surface area contributed by atoms with Gasteiger partial charge in [0.05, 0.1) is 18.6 Å². The number of hydrogen-bond acceptors (Lipinski definition) is 5. The number of aromatic nitrogens is 4. The first-order chi connectivity index (χ1) is 12.9. The lowest BCUT2D eigenvalue weighted by Crippen LogP contribution is -2.09. The van der Waals surface area contributed by atoms with Gasteiger partial charge in [-0.25, -0.2) is 0 Å². The SMILES string of the molecule is COc1ccccc1-n1cnnc1SCC(=O)c1cc(C)n(C(C)C)c1C. The van der Waals surface area contributed by atoms with Crippen molar-refractivity contribution in [1.82, 2.24) is 19.3 Å². The summed E-state index contributed by atoms with van der Waals surface area (Å²) < 4.78 is 9.45. The van der Waals surface area contributed by atoms with Crippen LogP contribution in [-0.4, -0.2) is 38.0 Å². The standard InChI is InChI=1S/C20H24N4O2S/c1-13(2)24-14(3)10-16(15(24)4)18(25)11-27-20-22-21-12-23(20)17-8-6-7-9-19(17)26-5/h6-10,12-13H,11H2,1-5H3. The fourth-order valence-electron chi connectivity index (χ4n) is 3.38. The molecule has 0 saturated heterocycles. The maximum Gasteiger partial charge on any atom is 0.196 e. The summed E-state index contributed by atoms with van der Waals surface area (Å²) in [6, 6.07) is 9.96. The molecule has 0 atom stereocenters. The number of carbonyl (C=O) groups excluding carboxylic acids is 1. The van der Waals surface area contributed by atoms with E-state index in [1.54, 1.807) is 13.4 Å². The Balaban J connectivity index is 1.80. The van der Waals surface area contributed by atoms with Gasteiger partial charge in [-0.3, -0.25) is 9.36 Å². The molecule has 0 unspecified atom stereocenters. The lowest BCUT2D eigenvalue weighted by atomic mass is 10.2. The molecule has 3 aromatic rings. The number of aryl methyl sites for hydroxylation is 1. The van der Waals surface area contributed by atoms with Crippen molar-refractivity contribution < 1.29 is 9.53 Å². The van der Waals surface area contributed by atoms with E-state index in [1.165, 1.54) is 11.8 Å². The van der Waals surface area contributed by atoms with Crippen molar-refractivity contribution >= 4 is 17.5 Å². The molecule has 0 amide bonds. The van der Waals surface area contributed by atoms with Crippen LogP contribution in [0.3, 0.4) is 0 Å². The molecule has 142 valence electrons. The monoisotopic (exact) mass is 384 g/mol. The third kappa shape index (κ3) is 3.78. The van der Waals surface area contributed by atoms with Crippen molar-refractivity contribution in [3.8, 4) is 11.4 Å². The van der Waals surface area contributed by atoms with Crippen molar-refractivity contribution in [2.24, 2.45) is 0 Å². The number of hydrogen-bond donors (Lipinski definition) is 0. The Morgan fingerprint density at radius 3 is 2.67 bits per heavy atom. The summed E-state index contributed by atoms with van der Waals surface area (Å²) in [6.45, 7) is 8.29. The van der Waals surface area contributed by atoms with Gasteiger partial charge in [-0.2, -0.15) is 0 Å². The predicted molar refractivity (Wildman–Crippen MR) is 107 cm³/mol. The van der Waals surface area contributed by atoms with E-state index in [0.717, 1.165) is 28.4 Å². The maximum absolute atomic E-state index is 12.8. The Morgan fingerprint density at radius 1 is 1.26 bits per heavy atom. The van der Waals surface area contributed by atoms with Gasteiger partial charge in [0.15, 0.2) is 10.9 Å². The van der Waals surface area contributed by atoms with E-state index in [2.05, 4.69) is 28.6 Å². The van der Waals surface area contributed by atoms with Crippen LogP contribution in [0.1, 0.15) is 41.6 Å². The molecule has 0 aliphatic heterocycles. The third-order valence-electron chi connectivity index (χ3n) is 4.49. The van der Waals surface area contributed by atoms with Crippen molar-refractivity contribution in [2.75, 3.05) is 12.9 Å². The van der Waals surface area contributed by atoms with Crippen LogP contribution < -0.4 is 4.74 Å². The summed E-state index contributed by atoms with van der Waals surface area (Å²) >= 11 is 1.38. The highest BCUT2D eigenvalue weighted by molar-refractivity contribution is 7.99. The Morgan fingerprint density at radius 2 is 2.00 bits per heavy atom. The summed E-state index contributed by atoms with van der Waals surface area (Å²) in [5.41, 5.74) is 3.74. The normalized spacial score (nSPS) is 11.2. The highest BCUT2D eigenvalue weighted by Crippen LogP contribution is 2.28. The van der Waals surface area contributed by atoms with Crippen LogP contribution in [0.2, 0.25) is 0 Å². The Hall–Kier alpha value is -2.54. The Labute approximate surface area is 163 Å². The van der Waals surface area contributed by atoms with Crippen LogP contribution in [-0.2, 0) is 0 Å². The average molecular weight is 385 g/mol. The topological polar surface area (TPSA) is 61.9 Å². The van der Waals surface area contributed by atoms with Crippen LogP contribution in [0.5, 0.6) is 5.75 Å². The number of carbonyl (C=O) groups is 1. The van der Waals surface area contributed by atoms with Gasteiger partial charge in [0.1, 0.15) is 12.1 Å². The smallest absolute Gasteiger partial charge is 0.196 e. The highest BCUT2D eigenvalue weighted by Gasteiger charge is 2.19. The molecule has 1 aromatic carbocycles. The van der Waals surface area contributed by atoms with Gasteiger partial charge in [0.2, 0.25) is 0 Å². The molecular weight excluding hydrogens is 360 g/mol. The number of ether oxygens (including phenoxy) is 1. The van der Waals surface area contributed by atoms with Gasteiger partial charge in [-0.15, -0.1) is 10.2 Å². The van der Waals surface area contributed by atoms with Crippen molar-refractivity contribution in [3.63, 3.8) is 0 Å². The minimum absolute atomic E-state index is 0.0922. The van der Waals surface area contributed by atoms with Gasteiger partial charge < -0.3 is 9.30 Å². The first-order valence-corrected chi connectivity index (χ1v) is 9.80. The lowest BCUT2D eigenvalue weighted by molar-refractivity contribution is 0.102. The van der Waals surface area contributed by atoms with E-state index in [9.17, 15) is 4.79 Å². The van der Waals surface area contributed by atoms with E-state index < -0.39 is 0 Å². The zero-order chi connectivity index (χ0) is 19.6. The number of thioether (sulfide) groups is 1. The third-order valence-corrected chi connectivity index (χ3v) is 5.44. The van der Waals surface area contributed by atoms with Crippen LogP contribution in [0.4, 0.5) is 0 Å². The van der Waals surface area contributed by atoms with E-state index >= 15 is 0 Å². The Bertz CT molecular complexity index is 959. The molecule has 0 fully saturated rings. The lowest BCUT2D eigenvalue weighted by Gasteiger charge is -2.13. The fourth-order valence-corrected chi connectivity index (χ4v) is 4.18. The molecule has 0 bridgehead atoms. The first kappa shape index (κ1) is 19.2. The fraction of sp³-hybridized carbons (Fsp3) is 0.350. The van der Waals surface area contributed by atoms with Gasteiger partial charge >= 0.3 is 0 Å². The number of rotatable bonds is 7. The summed E-state index contributed by atoms with van der Waals surface area (Å²) in [7, 11) is 1.63. The largest absolute Gasteiger partial charge is 0.495 e. The van der Waals surface area contributed by atoms with Crippen molar-refractivity contribution in [2.45, 2.75) is 38.9 Å². The predicted octanol–water partition coefficient (Wildman–Crippen LogP) is 4.25. The van der Waals surface area contributed by atoms with Crippen LogP contribution >= 0.6 is 11.8 Å². The van der Waals surface area contributed by atoms with Gasteiger partial charge in [-0.05, 0) is 45.9 Å². The van der Waals surface area contributed by atoms with Crippen LogP contribution in [0.15, 0.2) is 41.8 Å². The molecule has 0 saturated carbocycles. The first-order valence-electron chi connectivity index (χ1n) is 8.81. The van der Waals surface area contributed by atoms with Crippen molar-refractivity contribution in [1.29, 1.82) is 0 Å². The second kappa shape index (κ2) is 8.00.